The number of nitrogens with one attached hydrogen (secondary N) is 1. The molecule has 1 saturated heterocycles. The van der Waals surface area contributed by atoms with Gasteiger partial charge in [-0.05, 0) is 74.2 Å². The van der Waals surface area contributed by atoms with E-state index in [1.165, 1.54) is 35.1 Å². The van der Waals surface area contributed by atoms with Crippen molar-refractivity contribution in [2.75, 3.05) is 6.54 Å². The van der Waals surface area contributed by atoms with Gasteiger partial charge in [-0.3, -0.25) is 29.9 Å². The highest BCUT2D eigenvalue weighted by Gasteiger charge is 2.33. The van der Waals surface area contributed by atoms with Gasteiger partial charge in [0.25, 0.3) is 17.5 Å². The van der Waals surface area contributed by atoms with Crippen LogP contribution in [0.5, 0.6) is 0 Å². The molecule has 8 nitrogen and oxygen atoms in total. The molecule has 164 valence electrons. The monoisotopic (exact) mass is 450 g/mol. The van der Waals surface area contributed by atoms with Gasteiger partial charge in [-0.2, -0.15) is 0 Å². The predicted octanol–water partition coefficient (Wildman–Crippen LogP) is 3.90. The lowest BCUT2D eigenvalue weighted by molar-refractivity contribution is -0.384. The Morgan fingerprint density at radius 3 is 2.62 bits per heavy atom. The zero-order valence-electron chi connectivity index (χ0n) is 17.3. The third kappa shape index (κ3) is 4.67. The molecule has 2 aliphatic rings. The molecule has 0 saturated carbocycles. The molecule has 0 spiro atoms. The Hall–Kier alpha value is -3.59. The van der Waals surface area contributed by atoms with Crippen LogP contribution in [0.25, 0.3) is 11.8 Å². The van der Waals surface area contributed by atoms with E-state index in [9.17, 15) is 19.7 Å². The molecule has 1 aliphatic heterocycles. The van der Waals surface area contributed by atoms with Gasteiger partial charge in [0.2, 0.25) is 0 Å². The molecule has 1 N–H and O–H groups in total. The quantitative estimate of drug-likeness (QED) is 0.180. The summed E-state index contributed by atoms with van der Waals surface area (Å²) in [5.41, 5.74) is 2.74. The van der Waals surface area contributed by atoms with Crippen LogP contribution in [0.15, 0.2) is 59.9 Å². The van der Waals surface area contributed by atoms with Crippen LogP contribution in [0.1, 0.15) is 37.7 Å². The third-order valence-electron chi connectivity index (χ3n) is 5.61. The maximum Gasteiger partial charge on any atom is 0.269 e. The van der Waals surface area contributed by atoms with Crippen molar-refractivity contribution >= 4 is 40.9 Å². The van der Waals surface area contributed by atoms with Crippen LogP contribution in [0.3, 0.4) is 0 Å². The number of thiocarbonyl (C=S) groups is 1. The van der Waals surface area contributed by atoms with E-state index in [0.29, 0.717) is 12.1 Å². The smallest absolute Gasteiger partial charge is 0.269 e. The van der Waals surface area contributed by atoms with Gasteiger partial charge in [-0.1, -0.05) is 11.6 Å². The van der Waals surface area contributed by atoms with Crippen molar-refractivity contribution in [2.24, 2.45) is 0 Å². The van der Waals surface area contributed by atoms with E-state index < -0.39 is 16.7 Å². The molecule has 2 amide bonds. The molecule has 0 unspecified atom stereocenters. The summed E-state index contributed by atoms with van der Waals surface area (Å²) in [6, 6.07) is 7.87. The lowest BCUT2D eigenvalue weighted by Gasteiger charge is -2.29. The molecule has 1 fully saturated rings. The van der Waals surface area contributed by atoms with Gasteiger partial charge < -0.3 is 4.57 Å². The highest BCUT2D eigenvalue weighted by atomic mass is 32.1. The Morgan fingerprint density at radius 2 is 1.94 bits per heavy atom. The molecule has 0 radical (unpaired) electrons. The Morgan fingerprint density at radius 1 is 1.16 bits per heavy atom. The first kappa shape index (κ1) is 21.6. The summed E-state index contributed by atoms with van der Waals surface area (Å²) in [5.74, 6) is -0.922. The second-order valence-electron chi connectivity index (χ2n) is 7.76. The minimum absolute atomic E-state index is 0.00720. The molecule has 4 rings (SSSR count). The van der Waals surface area contributed by atoms with Gasteiger partial charge >= 0.3 is 0 Å². The van der Waals surface area contributed by atoms with Crippen molar-refractivity contribution in [2.45, 2.75) is 32.1 Å². The number of rotatable bonds is 6. The van der Waals surface area contributed by atoms with Crippen LogP contribution in [-0.4, -0.2) is 37.9 Å². The molecule has 2 aromatic rings. The molecule has 0 bridgehead atoms. The van der Waals surface area contributed by atoms with Crippen LogP contribution < -0.4 is 5.32 Å². The second kappa shape index (κ2) is 9.27. The zero-order valence-corrected chi connectivity index (χ0v) is 18.1. The summed E-state index contributed by atoms with van der Waals surface area (Å²) in [4.78, 5) is 37.3. The number of non-ortho nitro benzene ring substituents is 1. The molecule has 9 heteroatoms. The van der Waals surface area contributed by atoms with Gasteiger partial charge in [-0.25, -0.2) is 0 Å². The molecule has 1 aliphatic carbocycles. The predicted molar refractivity (Wildman–Crippen MR) is 124 cm³/mol. The molecule has 1 aromatic carbocycles. The second-order valence-corrected chi connectivity index (χ2v) is 8.14. The number of carbonyl (C=O) groups is 2. The number of amides is 2. The Balaban J connectivity index is 1.51. The standard InChI is InChI=1S/C23H22N4O4S/c28-21-20(22(29)26(23(32)24-21)13-11-16-4-2-1-3-5-16)14-17-10-12-25(15-17)18-6-8-19(9-7-18)27(30)31/h4,6-10,12,14-15H,1-3,5,11,13H2,(H,24,28,32)/b20-14-. The van der Waals surface area contributed by atoms with Gasteiger partial charge in [0.1, 0.15) is 5.57 Å². The van der Waals surface area contributed by atoms with Crippen molar-refractivity contribution in [3.05, 3.63) is 75.6 Å². The van der Waals surface area contributed by atoms with E-state index in [-0.39, 0.29) is 16.4 Å². The third-order valence-corrected chi connectivity index (χ3v) is 5.94. The zero-order chi connectivity index (χ0) is 22.7. The van der Waals surface area contributed by atoms with Crippen molar-refractivity contribution in [3.8, 4) is 5.69 Å². The summed E-state index contributed by atoms with van der Waals surface area (Å²) in [6.45, 7) is 0.435. The summed E-state index contributed by atoms with van der Waals surface area (Å²) >= 11 is 5.24. The molecule has 2 heterocycles. The fourth-order valence-corrected chi connectivity index (χ4v) is 4.12. The Bertz CT molecular complexity index is 1150. The van der Waals surface area contributed by atoms with Crippen molar-refractivity contribution in [3.63, 3.8) is 0 Å². The first-order valence-corrected chi connectivity index (χ1v) is 10.8. The Kier molecular flexibility index (Phi) is 6.27. The highest BCUT2D eigenvalue weighted by molar-refractivity contribution is 7.80. The molecular weight excluding hydrogens is 428 g/mol. The number of hydrogen-bond acceptors (Lipinski definition) is 5. The van der Waals surface area contributed by atoms with E-state index in [0.717, 1.165) is 31.4 Å². The number of nitro groups is 1. The van der Waals surface area contributed by atoms with E-state index >= 15 is 0 Å². The van der Waals surface area contributed by atoms with E-state index in [2.05, 4.69) is 11.4 Å². The lowest BCUT2D eigenvalue weighted by atomic mass is 9.97. The minimum Gasteiger partial charge on any atom is -0.323 e. The number of nitrogens with zero attached hydrogens (tertiary/aromatic N) is 3. The number of hydrogen-bond donors (Lipinski definition) is 1. The molecular formula is C23H22N4O4S. The summed E-state index contributed by atoms with van der Waals surface area (Å²) in [5, 5.41) is 13.6. The topological polar surface area (TPSA) is 97.5 Å². The number of nitro benzene ring substituents is 1. The minimum atomic E-state index is -0.517. The summed E-state index contributed by atoms with van der Waals surface area (Å²) in [6.07, 6.45) is 12.5. The van der Waals surface area contributed by atoms with Crippen molar-refractivity contribution in [1.82, 2.24) is 14.8 Å². The summed E-state index contributed by atoms with van der Waals surface area (Å²) < 4.78 is 1.76. The van der Waals surface area contributed by atoms with Gasteiger partial charge in [0, 0.05) is 36.8 Å². The molecule has 32 heavy (non-hydrogen) atoms. The van der Waals surface area contributed by atoms with Crippen molar-refractivity contribution in [1.29, 1.82) is 0 Å². The fourth-order valence-electron chi connectivity index (χ4n) is 3.86. The highest BCUT2D eigenvalue weighted by Crippen LogP contribution is 2.22. The molecule has 1 aromatic heterocycles. The SMILES string of the molecule is O=C1NC(=S)N(CCC2=CCCCC2)C(=O)/C1=C\c1ccn(-c2ccc([N+](=O)[O-])cc2)c1. The summed E-state index contributed by atoms with van der Waals surface area (Å²) in [7, 11) is 0. The normalized spacial score (nSPS) is 18.0. The van der Waals surface area contributed by atoms with Crippen LogP contribution >= 0.6 is 12.2 Å². The van der Waals surface area contributed by atoms with Gasteiger partial charge in [-0.15, -0.1) is 0 Å². The average Bonchev–Trinajstić information content (AvgIpc) is 3.26. The average molecular weight is 451 g/mol. The van der Waals surface area contributed by atoms with Crippen LogP contribution in [-0.2, 0) is 9.59 Å². The maximum atomic E-state index is 13.0. The van der Waals surface area contributed by atoms with E-state index in [4.69, 9.17) is 12.2 Å². The number of aromatic nitrogens is 1. The van der Waals surface area contributed by atoms with Crippen LogP contribution in [0.4, 0.5) is 5.69 Å². The van der Waals surface area contributed by atoms with Gasteiger partial charge in [0.05, 0.1) is 4.92 Å². The van der Waals surface area contributed by atoms with Crippen LogP contribution in [0, 0.1) is 10.1 Å². The number of allylic oxidation sites excluding steroid dienone is 1. The van der Waals surface area contributed by atoms with E-state index in [1.807, 2.05) is 0 Å². The fraction of sp³-hybridized carbons (Fsp3) is 0.261. The van der Waals surface area contributed by atoms with Crippen LogP contribution in [0.2, 0.25) is 0 Å². The van der Waals surface area contributed by atoms with E-state index in [1.54, 1.807) is 35.2 Å². The lowest BCUT2D eigenvalue weighted by Crippen LogP contribution is -2.54. The number of benzene rings is 1. The van der Waals surface area contributed by atoms with Crippen molar-refractivity contribution < 1.29 is 14.5 Å². The molecule has 0 atom stereocenters. The van der Waals surface area contributed by atoms with Gasteiger partial charge in [0.15, 0.2) is 5.11 Å². The maximum absolute atomic E-state index is 13.0. The Labute approximate surface area is 190 Å². The largest absolute Gasteiger partial charge is 0.323 e. The first-order chi connectivity index (χ1) is 15.4. The number of carbonyl (C=O) groups excluding carboxylic acids is 2. The first-order valence-electron chi connectivity index (χ1n) is 10.4.